The van der Waals surface area contributed by atoms with Crippen molar-refractivity contribution in [1.82, 2.24) is 0 Å². The highest BCUT2D eigenvalue weighted by Crippen LogP contribution is 2.28. The molecule has 0 radical (unpaired) electrons. The summed E-state index contributed by atoms with van der Waals surface area (Å²) >= 11 is 0. The lowest BCUT2D eigenvalue weighted by molar-refractivity contribution is -0.104. The van der Waals surface area contributed by atoms with Crippen molar-refractivity contribution in [3.8, 4) is 11.1 Å². The Hall–Kier alpha value is -2.61. The van der Waals surface area contributed by atoms with Gasteiger partial charge in [0.1, 0.15) is 0 Å². The number of aldehydes is 1. The van der Waals surface area contributed by atoms with Crippen LogP contribution in [0.2, 0.25) is 0 Å². The van der Waals surface area contributed by atoms with Crippen LogP contribution in [-0.2, 0) is 4.79 Å². The molecule has 0 heterocycles. The Kier molecular flexibility index (Phi) is 2.99. The van der Waals surface area contributed by atoms with Crippen molar-refractivity contribution in [2.24, 2.45) is 0 Å². The van der Waals surface area contributed by atoms with Crippen LogP contribution in [0.4, 0.5) is 5.69 Å². The second-order valence-electron chi connectivity index (χ2n) is 4.41. The number of hydrogen-bond donors (Lipinski definition) is 1. The Morgan fingerprint density at radius 1 is 1.00 bits per heavy atom. The minimum Gasteiger partial charge on any atom is -0.361 e. The summed E-state index contributed by atoms with van der Waals surface area (Å²) in [6.07, 6.45) is 8.33. The van der Waals surface area contributed by atoms with Crippen LogP contribution in [0.15, 0.2) is 78.0 Å². The monoisotopic (exact) mass is 247 g/mol. The van der Waals surface area contributed by atoms with Gasteiger partial charge >= 0.3 is 0 Å². The number of fused-ring (bicyclic) bond motifs is 1. The van der Waals surface area contributed by atoms with Crippen molar-refractivity contribution in [1.29, 1.82) is 0 Å². The van der Waals surface area contributed by atoms with Crippen molar-refractivity contribution in [3.05, 3.63) is 78.0 Å². The highest BCUT2D eigenvalue weighted by atomic mass is 16.1. The SMILES string of the molecule is O=CC1=CC=C/C1=C\Nc1cc2cccccc-2c1. The first-order valence-electron chi connectivity index (χ1n) is 6.16. The number of hydrogen-bond acceptors (Lipinski definition) is 2. The average molecular weight is 247 g/mol. The van der Waals surface area contributed by atoms with E-state index in [2.05, 4.69) is 29.6 Å². The second-order valence-corrected chi connectivity index (χ2v) is 4.41. The molecule has 1 N–H and O–H groups in total. The first-order chi connectivity index (χ1) is 9.36. The zero-order chi connectivity index (χ0) is 13.1. The maximum atomic E-state index is 10.8. The molecule has 3 aliphatic rings. The van der Waals surface area contributed by atoms with Gasteiger partial charge in [0.2, 0.25) is 0 Å². The molecule has 0 aliphatic heterocycles. The van der Waals surface area contributed by atoms with Gasteiger partial charge in [0, 0.05) is 23.0 Å². The van der Waals surface area contributed by atoms with Crippen LogP contribution in [0.3, 0.4) is 0 Å². The lowest BCUT2D eigenvalue weighted by Crippen LogP contribution is -1.91. The lowest BCUT2D eigenvalue weighted by atomic mass is 10.2. The van der Waals surface area contributed by atoms with Crippen LogP contribution in [0, 0.1) is 0 Å². The van der Waals surface area contributed by atoms with E-state index in [1.165, 1.54) is 11.1 Å². The molecule has 2 heteroatoms. The van der Waals surface area contributed by atoms with E-state index in [1.54, 1.807) is 0 Å². The minimum atomic E-state index is 0.704. The molecule has 3 aliphatic carbocycles. The molecule has 0 spiro atoms. The molecule has 0 bridgehead atoms. The maximum Gasteiger partial charge on any atom is 0.150 e. The van der Waals surface area contributed by atoms with E-state index >= 15 is 0 Å². The van der Waals surface area contributed by atoms with Gasteiger partial charge in [-0.1, -0.05) is 48.6 Å². The minimum absolute atomic E-state index is 0.704. The predicted molar refractivity (Wildman–Crippen MR) is 78.1 cm³/mol. The maximum absolute atomic E-state index is 10.8. The van der Waals surface area contributed by atoms with E-state index in [4.69, 9.17) is 0 Å². The van der Waals surface area contributed by atoms with E-state index in [0.29, 0.717) is 5.57 Å². The molecular weight excluding hydrogens is 234 g/mol. The van der Waals surface area contributed by atoms with Gasteiger partial charge in [-0.3, -0.25) is 4.79 Å². The number of rotatable bonds is 3. The zero-order valence-corrected chi connectivity index (χ0v) is 10.3. The van der Waals surface area contributed by atoms with Crippen LogP contribution in [-0.4, -0.2) is 6.29 Å². The topological polar surface area (TPSA) is 29.1 Å². The Balaban J connectivity index is 1.85. The van der Waals surface area contributed by atoms with Crippen LogP contribution in [0.1, 0.15) is 0 Å². The molecular formula is C17H13NO. The quantitative estimate of drug-likeness (QED) is 0.836. The van der Waals surface area contributed by atoms with E-state index < -0.39 is 0 Å². The first kappa shape index (κ1) is 11.5. The van der Waals surface area contributed by atoms with Gasteiger partial charge in [0.15, 0.2) is 6.29 Å². The van der Waals surface area contributed by atoms with Gasteiger partial charge in [0.25, 0.3) is 0 Å². The second kappa shape index (κ2) is 4.94. The summed E-state index contributed by atoms with van der Waals surface area (Å²) in [5.74, 6) is 0. The van der Waals surface area contributed by atoms with Gasteiger partial charge in [-0.15, -0.1) is 0 Å². The summed E-state index contributed by atoms with van der Waals surface area (Å²) in [6, 6.07) is 14.4. The van der Waals surface area contributed by atoms with E-state index in [1.807, 2.05) is 42.6 Å². The number of anilines is 1. The molecule has 0 aromatic carbocycles. The van der Waals surface area contributed by atoms with Gasteiger partial charge in [-0.2, -0.15) is 0 Å². The number of nitrogens with one attached hydrogen (secondary N) is 1. The Bertz CT molecular complexity index is 649. The lowest BCUT2D eigenvalue weighted by Gasteiger charge is -1.99. The smallest absolute Gasteiger partial charge is 0.150 e. The summed E-state index contributed by atoms with van der Waals surface area (Å²) in [6.45, 7) is 0. The summed E-state index contributed by atoms with van der Waals surface area (Å²) in [7, 11) is 0. The fourth-order valence-electron chi connectivity index (χ4n) is 2.15. The summed E-state index contributed by atoms with van der Waals surface area (Å²) < 4.78 is 0. The number of allylic oxidation sites excluding steroid dienone is 5. The molecule has 0 unspecified atom stereocenters. The molecule has 3 rings (SSSR count). The third-order valence-corrected chi connectivity index (χ3v) is 3.14. The molecule has 92 valence electrons. The van der Waals surface area contributed by atoms with Crippen LogP contribution in [0.5, 0.6) is 0 Å². The van der Waals surface area contributed by atoms with Crippen molar-refractivity contribution in [3.63, 3.8) is 0 Å². The van der Waals surface area contributed by atoms with Crippen LogP contribution in [0.25, 0.3) is 11.1 Å². The molecule has 2 nitrogen and oxygen atoms in total. The summed E-state index contributed by atoms with van der Waals surface area (Å²) in [4.78, 5) is 10.8. The number of carbonyl (C=O) groups is 1. The van der Waals surface area contributed by atoms with Crippen molar-refractivity contribution < 1.29 is 4.79 Å². The van der Waals surface area contributed by atoms with Gasteiger partial charge in [-0.25, -0.2) is 0 Å². The Morgan fingerprint density at radius 2 is 1.74 bits per heavy atom. The highest BCUT2D eigenvalue weighted by Gasteiger charge is 2.06. The molecule has 0 atom stereocenters. The fourth-order valence-corrected chi connectivity index (χ4v) is 2.15. The zero-order valence-electron chi connectivity index (χ0n) is 10.3. The van der Waals surface area contributed by atoms with Gasteiger partial charge in [-0.05, 0) is 23.3 Å². The largest absolute Gasteiger partial charge is 0.361 e. The third-order valence-electron chi connectivity index (χ3n) is 3.14. The summed E-state index contributed by atoms with van der Waals surface area (Å²) in [5, 5.41) is 3.24. The summed E-state index contributed by atoms with van der Waals surface area (Å²) in [5.41, 5.74) is 5.03. The molecule has 19 heavy (non-hydrogen) atoms. The Labute approximate surface area is 112 Å². The molecule has 0 saturated carbocycles. The third kappa shape index (κ3) is 2.33. The number of carbonyl (C=O) groups excluding carboxylic acids is 1. The van der Waals surface area contributed by atoms with Crippen LogP contribution < -0.4 is 5.32 Å². The van der Waals surface area contributed by atoms with E-state index in [0.717, 1.165) is 17.5 Å². The van der Waals surface area contributed by atoms with Crippen LogP contribution >= 0.6 is 0 Å². The standard InChI is InChI=1S/C17H13NO/c19-12-16-8-4-7-15(16)11-18-17-9-13-5-2-1-3-6-14(13)10-17/h1-12,18H/b15-11+. The highest BCUT2D eigenvalue weighted by molar-refractivity contribution is 5.85. The Morgan fingerprint density at radius 3 is 2.42 bits per heavy atom. The van der Waals surface area contributed by atoms with E-state index in [9.17, 15) is 4.79 Å². The van der Waals surface area contributed by atoms with E-state index in [-0.39, 0.29) is 0 Å². The molecule has 0 saturated heterocycles. The fraction of sp³-hybridized carbons (Fsp3) is 0. The molecule has 0 aromatic rings. The molecule has 0 amide bonds. The first-order valence-corrected chi connectivity index (χ1v) is 6.16. The van der Waals surface area contributed by atoms with Crippen molar-refractivity contribution >= 4 is 12.0 Å². The van der Waals surface area contributed by atoms with Crippen molar-refractivity contribution in [2.75, 3.05) is 5.32 Å². The predicted octanol–water partition coefficient (Wildman–Crippen LogP) is 3.78. The normalized spacial score (nSPS) is 15.8. The van der Waals surface area contributed by atoms with Gasteiger partial charge in [0.05, 0.1) is 0 Å². The van der Waals surface area contributed by atoms with Crippen molar-refractivity contribution in [2.45, 2.75) is 0 Å². The molecule has 0 fully saturated rings. The van der Waals surface area contributed by atoms with Gasteiger partial charge < -0.3 is 5.32 Å². The molecule has 0 aromatic heterocycles. The average Bonchev–Trinajstić information content (AvgIpc) is 2.98.